The minimum absolute atomic E-state index is 0.00353. The van der Waals surface area contributed by atoms with Gasteiger partial charge in [0.2, 0.25) is 0 Å². The van der Waals surface area contributed by atoms with Crippen LogP contribution in [0.4, 0.5) is 0 Å². The fraction of sp³-hybridized carbons (Fsp3) is 0.741. The topological polar surface area (TPSA) is 35.5 Å². The van der Waals surface area contributed by atoms with Crippen LogP contribution in [0.3, 0.4) is 0 Å². The van der Waals surface area contributed by atoms with Gasteiger partial charge in [0, 0.05) is 17.9 Å². The molecule has 0 radical (unpaired) electrons. The monoisotopic (exact) mass is 416 g/mol. The standard InChI is InChI=1S/C27H44O3/c1-3-5-6-7-8-9-10-11-12-21-27(28)30-26-20-16-14-18-24(26)23-17-13-15-19-25(23)29-22-4-2/h13,15,17,19,24,26H,3-12,14,16,18,20-22H2,1-2H3/t24-,26+/m1/s1. The molecule has 3 heteroatoms. The Hall–Kier alpha value is -1.51. The molecule has 0 aliphatic heterocycles. The molecule has 0 aromatic heterocycles. The molecular formula is C27H44O3. The molecule has 0 spiro atoms. The van der Waals surface area contributed by atoms with E-state index in [1.165, 1.54) is 56.9 Å². The lowest BCUT2D eigenvalue weighted by Gasteiger charge is -2.32. The van der Waals surface area contributed by atoms with Gasteiger partial charge in [0.25, 0.3) is 0 Å². The number of carbonyl (C=O) groups is 1. The molecule has 0 N–H and O–H groups in total. The fourth-order valence-corrected chi connectivity index (χ4v) is 4.53. The van der Waals surface area contributed by atoms with Gasteiger partial charge >= 0.3 is 5.97 Å². The van der Waals surface area contributed by atoms with Gasteiger partial charge in [-0.1, -0.05) is 89.8 Å². The van der Waals surface area contributed by atoms with E-state index in [0.29, 0.717) is 6.42 Å². The van der Waals surface area contributed by atoms with Crippen molar-refractivity contribution in [1.29, 1.82) is 0 Å². The lowest BCUT2D eigenvalue weighted by molar-refractivity contribution is -0.151. The molecule has 0 amide bonds. The van der Waals surface area contributed by atoms with E-state index in [-0.39, 0.29) is 18.0 Å². The minimum atomic E-state index is -0.0122. The summed E-state index contributed by atoms with van der Waals surface area (Å²) in [7, 11) is 0. The molecule has 170 valence electrons. The number of rotatable bonds is 15. The van der Waals surface area contributed by atoms with Gasteiger partial charge in [-0.15, -0.1) is 0 Å². The van der Waals surface area contributed by atoms with Crippen LogP contribution < -0.4 is 4.74 Å². The number of ether oxygens (including phenoxy) is 2. The average Bonchev–Trinajstić information content (AvgIpc) is 2.77. The Morgan fingerprint density at radius 3 is 2.27 bits per heavy atom. The first-order valence-corrected chi connectivity index (χ1v) is 12.7. The molecule has 1 aromatic rings. The predicted molar refractivity (Wildman–Crippen MR) is 125 cm³/mol. The smallest absolute Gasteiger partial charge is 0.306 e. The van der Waals surface area contributed by atoms with Crippen molar-refractivity contribution < 1.29 is 14.3 Å². The van der Waals surface area contributed by atoms with Crippen LogP contribution in [0.25, 0.3) is 0 Å². The van der Waals surface area contributed by atoms with Crippen LogP contribution in [-0.2, 0) is 9.53 Å². The van der Waals surface area contributed by atoms with Crippen LogP contribution in [0.1, 0.15) is 122 Å². The van der Waals surface area contributed by atoms with E-state index in [1.54, 1.807) is 0 Å². The van der Waals surface area contributed by atoms with Gasteiger partial charge < -0.3 is 9.47 Å². The third-order valence-corrected chi connectivity index (χ3v) is 6.25. The van der Waals surface area contributed by atoms with Gasteiger partial charge in [0.15, 0.2) is 0 Å². The first kappa shape index (κ1) is 24.8. The summed E-state index contributed by atoms with van der Waals surface area (Å²) >= 11 is 0. The molecule has 0 heterocycles. The zero-order valence-corrected chi connectivity index (χ0v) is 19.5. The van der Waals surface area contributed by atoms with Crippen LogP contribution in [0.2, 0.25) is 0 Å². The summed E-state index contributed by atoms with van der Waals surface area (Å²) in [6, 6.07) is 8.31. The maximum atomic E-state index is 12.5. The first-order valence-electron chi connectivity index (χ1n) is 12.7. The Labute approximate surface area is 184 Å². The van der Waals surface area contributed by atoms with Crippen molar-refractivity contribution in [3.8, 4) is 5.75 Å². The molecule has 0 unspecified atom stereocenters. The van der Waals surface area contributed by atoms with Gasteiger partial charge in [-0.3, -0.25) is 4.79 Å². The van der Waals surface area contributed by atoms with E-state index in [2.05, 4.69) is 32.0 Å². The summed E-state index contributed by atoms with van der Waals surface area (Å²) in [6.07, 6.45) is 17.3. The van der Waals surface area contributed by atoms with Gasteiger partial charge in [0.1, 0.15) is 11.9 Å². The number of unbranched alkanes of at least 4 members (excludes halogenated alkanes) is 8. The van der Waals surface area contributed by atoms with Crippen LogP contribution >= 0.6 is 0 Å². The summed E-state index contributed by atoms with van der Waals surface area (Å²) < 4.78 is 12.0. The van der Waals surface area contributed by atoms with E-state index in [4.69, 9.17) is 9.47 Å². The van der Waals surface area contributed by atoms with Crippen molar-refractivity contribution in [3.63, 3.8) is 0 Å². The Balaban J connectivity index is 1.74. The first-order chi connectivity index (χ1) is 14.8. The Kier molecular flexibility index (Phi) is 12.6. The largest absolute Gasteiger partial charge is 0.493 e. The Bertz CT molecular complexity index is 583. The van der Waals surface area contributed by atoms with E-state index in [0.717, 1.165) is 50.9 Å². The molecule has 3 nitrogen and oxygen atoms in total. The van der Waals surface area contributed by atoms with E-state index < -0.39 is 0 Å². The molecule has 1 saturated carbocycles. The highest BCUT2D eigenvalue weighted by molar-refractivity contribution is 5.69. The maximum Gasteiger partial charge on any atom is 0.306 e. The molecule has 0 bridgehead atoms. The van der Waals surface area contributed by atoms with Crippen LogP contribution in [-0.4, -0.2) is 18.7 Å². The molecule has 1 aliphatic rings. The second-order valence-corrected chi connectivity index (χ2v) is 8.88. The van der Waals surface area contributed by atoms with Crippen molar-refractivity contribution in [2.75, 3.05) is 6.61 Å². The molecule has 1 aliphatic carbocycles. The number of benzene rings is 1. The average molecular weight is 417 g/mol. The van der Waals surface area contributed by atoms with Gasteiger partial charge in [-0.2, -0.15) is 0 Å². The molecule has 1 aromatic carbocycles. The third kappa shape index (κ3) is 9.10. The fourth-order valence-electron chi connectivity index (χ4n) is 4.53. The number of hydrogen-bond donors (Lipinski definition) is 0. The molecule has 30 heavy (non-hydrogen) atoms. The van der Waals surface area contributed by atoms with Gasteiger partial charge in [-0.25, -0.2) is 0 Å². The van der Waals surface area contributed by atoms with Crippen LogP contribution in [0, 0.1) is 0 Å². The molecule has 1 fully saturated rings. The molecule has 2 atom stereocenters. The van der Waals surface area contributed by atoms with Crippen molar-refractivity contribution in [2.45, 2.75) is 122 Å². The zero-order valence-electron chi connectivity index (χ0n) is 19.5. The Morgan fingerprint density at radius 2 is 1.53 bits per heavy atom. The molecule has 2 rings (SSSR count). The van der Waals surface area contributed by atoms with Crippen LogP contribution in [0.5, 0.6) is 5.75 Å². The second kappa shape index (κ2) is 15.3. The number of para-hydroxylation sites is 1. The van der Waals surface area contributed by atoms with Gasteiger partial charge in [-0.05, 0) is 38.2 Å². The zero-order chi connectivity index (χ0) is 21.4. The summed E-state index contributed by atoms with van der Waals surface area (Å²) in [4.78, 5) is 12.5. The Morgan fingerprint density at radius 1 is 0.867 bits per heavy atom. The van der Waals surface area contributed by atoms with Crippen molar-refractivity contribution >= 4 is 5.97 Å². The van der Waals surface area contributed by atoms with E-state index in [9.17, 15) is 4.79 Å². The SMILES string of the molecule is CCCCCCCCCCCC(=O)O[C@H]1CCCC[C@@H]1c1ccccc1OCCC. The summed E-state index contributed by atoms with van der Waals surface area (Å²) in [6.45, 7) is 5.11. The highest BCUT2D eigenvalue weighted by Crippen LogP contribution is 2.39. The number of esters is 1. The van der Waals surface area contributed by atoms with Gasteiger partial charge in [0.05, 0.1) is 6.61 Å². The summed E-state index contributed by atoms with van der Waals surface area (Å²) in [5.41, 5.74) is 1.21. The van der Waals surface area contributed by atoms with Crippen molar-refractivity contribution in [2.24, 2.45) is 0 Å². The lowest BCUT2D eigenvalue weighted by atomic mass is 9.81. The maximum absolute atomic E-state index is 12.5. The minimum Gasteiger partial charge on any atom is -0.493 e. The quantitative estimate of drug-likeness (QED) is 0.215. The normalized spacial score (nSPS) is 18.9. The highest BCUT2D eigenvalue weighted by atomic mass is 16.5. The van der Waals surface area contributed by atoms with E-state index >= 15 is 0 Å². The predicted octanol–water partition coefficient (Wildman–Crippen LogP) is 7.97. The highest BCUT2D eigenvalue weighted by Gasteiger charge is 2.31. The molecular weight excluding hydrogens is 372 g/mol. The van der Waals surface area contributed by atoms with Crippen molar-refractivity contribution in [3.05, 3.63) is 29.8 Å². The third-order valence-electron chi connectivity index (χ3n) is 6.25. The van der Waals surface area contributed by atoms with Crippen molar-refractivity contribution in [1.82, 2.24) is 0 Å². The van der Waals surface area contributed by atoms with Crippen LogP contribution in [0.15, 0.2) is 24.3 Å². The summed E-state index contributed by atoms with van der Waals surface area (Å²) in [5.74, 6) is 1.21. The second-order valence-electron chi connectivity index (χ2n) is 8.88. The summed E-state index contributed by atoms with van der Waals surface area (Å²) in [5, 5.41) is 0. The number of carbonyl (C=O) groups excluding carboxylic acids is 1. The lowest BCUT2D eigenvalue weighted by Crippen LogP contribution is -2.29. The van der Waals surface area contributed by atoms with E-state index in [1.807, 2.05) is 6.07 Å². The number of hydrogen-bond acceptors (Lipinski definition) is 3. The molecule has 0 saturated heterocycles.